The minimum absolute atomic E-state index is 0.0768. The van der Waals surface area contributed by atoms with Gasteiger partial charge < -0.3 is 14.4 Å². The third-order valence-electron chi connectivity index (χ3n) is 5.19. The van der Waals surface area contributed by atoms with Crippen LogP contribution in [0.25, 0.3) is 10.9 Å². The molecule has 1 N–H and O–H groups in total. The van der Waals surface area contributed by atoms with E-state index in [2.05, 4.69) is 27.3 Å². The van der Waals surface area contributed by atoms with Crippen molar-refractivity contribution in [3.63, 3.8) is 0 Å². The summed E-state index contributed by atoms with van der Waals surface area (Å²) in [4.78, 5) is 22.6. The summed E-state index contributed by atoms with van der Waals surface area (Å²) in [5, 5.41) is 5.19. The molecule has 1 aromatic carbocycles. The Labute approximate surface area is 152 Å². The molecule has 1 fully saturated rings. The van der Waals surface area contributed by atoms with E-state index in [0.717, 1.165) is 44.2 Å². The van der Waals surface area contributed by atoms with Gasteiger partial charge in [-0.05, 0) is 37.3 Å². The molecular formula is C20H24N4O2. The van der Waals surface area contributed by atoms with Gasteiger partial charge in [0.05, 0.1) is 0 Å². The summed E-state index contributed by atoms with van der Waals surface area (Å²) >= 11 is 0. The van der Waals surface area contributed by atoms with Crippen molar-refractivity contribution in [3.8, 4) is 0 Å². The number of amides is 1. The van der Waals surface area contributed by atoms with Gasteiger partial charge in [-0.3, -0.25) is 4.79 Å². The Morgan fingerprint density at radius 3 is 3.08 bits per heavy atom. The lowest BCUT2D eigenvalue weighted by Gasteiger charge is -2.33. The Morgan fingerprint density at radius 2 is 2.23 bits per heavy atom. The van der Waals surface area contributed by atoms with E-state index in [4.69, 9.17) is 4.52 Å². The van der Waals surface area contributed by atoms with Crippen molar-refractivity contribution in [2.24, 2.45) is 0 Å². The number of aromatic amines is 1. The minimum atomic E-state index is -0.0768. The molecule has 26 heavy (non-hydrogen) atoms. The third kappa shape index (κ3) is 3.23. The van der Waals surface area contributed by atoms with E-state index >= 15 is 0 Å². The fourth-order valence-electron chi connectivity index (χ4n) is 3.76. The molecule has 1 amide bonds. The molecule has 136 valence electrons. The van der Waals surface area contributed by atoms with E-state index in [1.54, 1.807) is 0 Å². The maximum Gasteiger partial charge on any atom is 0.249 e. The quantitative estimate of drug-likeness (QED) is 0.758. The number of benzene rings is 1. The summed E-state index contributed by atoms with van der Waals surface area (Å²) in [5.41, 5.74) is 2.30. The number of para-hydroxylation sites is 1. The highest BCUT2D eigenvalue weighted by Crippen LogP contribution is 2.31. The number of carbonyl (C=O) groups is 1. The number of H-pyrrole nitrogens is 1. The Morgan fingerprint density at radius 1 is 1.35 bits per heavy atom. The van der Waals surface area contributed by atoms with Crippen LogP contribution in [-0.2, 0) is 17.6 Å². The van der Waals surface area contributed by atoms with Crippen LogP contribution in [0.15, 0.2) is 35.0 Å². The molecule has 3 heterocycles. The van der Waals surface area contributed by atoms with Crippen molar-refractivity contribution in [1.82, 2.24) is 20.0 Å². The second kappa shape index (κ2) is 7.32. The zero-order chi connectivity index (χ0) is 17.9. The molecule has 6 heteroatoms. The van der Waals surface area contributed by atoms with Crippen LogP contribution >= 0.6 is 0 Å². The number of nitrogens with zero attached hydrogens (tertiary/aromatic N) is 3. The number of rotatable bonds is 5. The number of aryl methyl sites for hydroxylation is 2. The number of nitrogens with one attached hydrogen (secondary N) is 1. The monoisotopic (exact) mass is 352 g/mol. The molecule has 0 unspecified atom stereocenters. The number of carbonyl (C=O) groups excluding carboxylic acids is 1. The maximum atomic E-state index is 12.9. The van der Waals surface area contributed by atoms with Crippen molar-refractivity contribution in [3.05, 3.63) is 47.7 Å². The van der Waals surface area contributed by atoms with E-state index < -0.39 is 0 Å². The van der Waals surface area contributed by atoms with Crippen molar-refractivity contribution in [1.29, 1.82) is 0 Å². The van der Waals surface area contributed by atoms with Gasteiger partial charge in [-0.25, -0.2) is 0 Å². The first-order chi connectivity index (χ1) is 12.8. The number of hydrogen-bond acceptors (Lipinski definition) is 4. The first kappa shape index (κ1) is 16.8. The molecule has 0 aliphatic carbocycles. The second-order valence-corrected chi connectivity index (χ2v) is 6.86. The first-order valence-electron chi connectivity index (χ1n) is 9.43. The van der Waals surface area contributed by atoms with Crippen LogP contribution in [0.4, 0.5) is 0 Å². The van der Waals surface area contributed by atoms with Gasteiger partial charge in [0.15, 0.2) is 5.82 Å². The normalized spacial score (nSPS) is 17.7. The molecule has 3 aromatic rings. The summed E-state index contributed by atoms with van der Waals surface area (Å²) in [7, 11) is 0. The summed E-state index contributed by atoms with van der Waals surface area (Å²) in [6.45, 7) is 2.76. The molecule has 0 saturated carbocycles. The van der Waals surface area contributed by atoms with Gasteiger partial charge in [0.1, 0.15) is 6.04 Å². The molecule has 1 aliphatic heterocycles. The molecular weight excluding hydrogens is 328 g/mol. The number of likely N-dealkylation sites (tertiary alicyclic amines) is 1. The SMILES string of the molecule is CCc1noc([C@H]2CCCCN2C(=O)CCc2c[nH]c3ccccc23)n1. The van der Waals surface area contributed by atoms with Gasteiger partial charge in [0.25, 0.3) is 0 Å². The van der Waals surface area contributed by atoms with Crippen molar-refractivity contribution < 1.29 is 9.32 Å². The lowest BCUT2D eigenvalue weighted by molar-refractivity contribution is -0.135. The highest BCUT2D eigenvalue weighted by Gasteiger charge is 2.31. The first-order valence-corrected chi connectivity index (χ1v) is 9.43. The molecule has 6 nitrogen and oxygen atoms in total. The molecule has 1 aliphatic rings. The van der Waals surface area contributed by atoms with Gasteiger partial charge in [0.2, 0.25) is 11.8 Å². The largest absolute Gasteiger partial charge is 0.361 e. The molecule has 4 rings (SSSR count). The van der Waals surface area contributed by atoms with Gasteiger partial charge >= 0.3 is 0 Å². The summed E-state index contributed by atoms with van der Waals surface area (Å²) in [6, 6.07) is 8.12. The standard InChI is InChI=1S/C20H24N4O2/c1-2-18-22-20(26-23-18)17-9-5-6-12-24(17)19(25)11-10-14-13-21-16-8-4-3-7-15(14)16/h3-4,7-8,13,17,21H,2,5-6,9-12H2,1H3/t17-/m1/s1. The van der Waals surface area contributed by atoms with Crippen LogP contribution in [-0.4, -0.2) is 32.5 Å². The molecule has 1 saturated heterocycles. The second-order valence-electron chi connectivity index (χ2n) is 6.86. The van der Waals surface area contributed by atoms with Gasteiger partial charge in [-0.2, -0.15) is 4.98 Å². The van der Waals surface area contributed by atoms with Crippen LogP contribution in [0, 0.1) is 0 Å². The van der Waals surface area contributed by atoms with Gasteiger partial charge in [-0.15, -0.1) is 0 Å². The summed E-state index contributed by atoms with van der Waals surface area (Å²) in [5.74, 6) is 1.45. The van der Waals surface area contributed by atoms with E-state index in [0.29, 0.717) is 18.1 Å². The third-order valence-corrected chi connectivity index (χ3v) is 5.19. The Hall–Kier alpha value is -2.63. The van der Waals surface area contributed by atoms with Crippen molar-refractivity contribution in [2.45, 2.75) is 51.5 Å². The molecule has 2 aromatic heterocycles. The topological polar surface area (TPSA) is 75.0 Å². The number of piperidine rings is 1. The van der Waals surface area contributed by atoms with Crippen LogP contribution in [0.2, 0.25) is 0 Å². The molecule has 0 bridgehead atoms. The van der Waals surface area contributed by atoms with Crippen molar-refractivity contribution in [2.75, 3.05) is 6.54 Å². The van der Waals surface area contributed by atoms with Crippen LogP contribution in [0.5, 0.6) is 0 Å². The van der Waals surface area contributed by atoms with Crippen LogP contribution < -0.4 is 0 Å². The Balaban J connectivity index is 1.46. The lowest BCUT2D eigenvalue weighted by atomic mass is 10.0. The highest BCUT2D eigenvalue weighted by molar-refractivity contribution is 5.84. The minimum Gasteiger partial charge on any atom is -0.361 e. The zero-order valence-corrected chi connectivity index (χ0v) is 15.1. The molecule has 1 atom stereocenters. The molecule has 0 radical (unpaired) electrons. The van der Waals surface area contributed by atoms with Crippen LogP contribution in [0.3, 0.4) is 0 Å². The predicted octanol–water partition coefficient (Wildman–Crippen LogP) is 3.80. The van der Waals surface area contributed by atoms with E-state index in [1.165, 1.54) is 10.9 Å². The number of hydrogen-bond donors (Lipinski definition) is 1. The predicted molar refractivity (Wildman–Crippen MR) is 98.6 cm³/mol. The Kier molecular flexibility index (Phi) is 4.73. The Bertz CT molecular complexity index is 898. The highest BCUT2D eigenvalue weighted by atomic mass is 16.5. The zero-order valence-electron chi connectivity index (χ0n) is 15.1. The summed E-state index contributed by atoms with van der Waals surface area (Å²) in [6.07, 6.45) is 6.99. The number of aromatic nitrogens is 3. The van der Waals surface area contributed by atoms with E-state index in [-0.39, 0.29) is 11.9 Å². The fourth-order valence-corrected chi connectivity index (χ4v) is 3.76. The van der Waals surface area contributed by atoms with E-state index in [1.807, 2.05) is 30.2 Å². The maximum absolute atomic E-state index is 12.9. The lowest BCUT2D eigenvalue weighted by Crippen LogP contribution is -2.38. The molecule has 0 spiro atoms. The van der Waals surface area contributed by atoms with Gasteiger partial charge in [0, 0.05) is 36.5 Å². The van der Waals surface area contributed by atoms with Crippen LogP contribution in [0.1, 0.15) is 55.9 Å². The van der Waals surface area contributed by atoms with Crippen molar-refractivity contribution >= 4 is 16.8 Å². The average Bonchev–Trinajstić information content (AvgIpc) is 3.33. The smallest absolute Gasteiger partial charge is 0.249 e. The summed E-state index contributed by atoms with van der Waals surface area (Å²) < 4.78 is 5.42. The van der Waals surface area contributed by atoms with E-state index in [9.17, 15) is 4.79 Å². The van der Waals surface area contributed by atoms with Gasteiger partial charge in [-0.1, -0.05) is 30.3 Å². The number of fused-ring (bicyclic) bond motifs is 1. The average molecular weight is 352 g/mol. The fraction of sp³-hybridized carbons (Fsp3) is 0.450.